The van der Waals surface area contributed by atoms with Gasteiger partial charge < -0.3 is 5.11 Å². The monoisotopic (exact) mass is 247 g/mol. The van der Waals surface area contributed by atoms with Gasteiger partial charge in [-0.15, -0.1) is 0 Å². The highest BCUT2D eigenvalue weighted by atomic mass is 19.1. The molecule has 0 radical (unpaired) electrons. The van der Waals surface area contributed by atoms with Gasteiger partial charge in [0.2, 0.25) is 0 Å². The quantitative estimate of drug-likeness (QED) is 0.905. The molecule has 94 valence electrons. The molecule has 0 saturated carbocycles. The normalized spacial score (nSPS) is 11.1. The second kappa shape index (κ2) is 4.72. The maximum atomic E-state index is 13.3. The zero-order chi connectivity index (χ0) is 13.3. The Kier molecular flexibility index (Phi) is 3.28. The predicted molar refractivity (Wildman–Crippen MR) is 67.2 cm³/mol. The molecule has 0 aliphatic rings. The molecule has 0 spiro atoms. The van der Waals surface area contributed by atoms with E-state index in [4.69, 9.17) is 0 Å². The number of pyridine rings is 1. The van der Waals surface area contributed by atoms with Crippen LogP contribution in [0.2, 0.25) is 0 Å². The number of carbonyl (C=O) groups is 1. The van der Waals surface area contributed by atoms with Crippen LogP contribution >= 0.6 is 0 Å². The third kappa shape index (κ3) is 2.32. The lowest BCUT2D eigenvalue weighted by Gasteiger charge is -2.11. The van der Waals surface area contributed by atoms with Crippen molar-refractivity contribution >= 4 is 16.9 Å². The SMILES string of the molecule is CC(C)Cc1cnc2ccc(F)cc2c1C(=O)O. The largest absolute Gasteiger partial charge is 0.478 e. The van der Waals surface area contributed by atoms with Crippen LogP contribution in [0.15, 0.2) is 24.4 Å². The summed E-state index contributed by atoms with van der Waals surface area (Å²) in [7, 11) is 0. The van der Waals surface area contributed by atoms with Gasteiger partial charge in [0.15, 0.2) is 0 Å². The lowest BCUT2D eigenvalue weighted by molar-refractivity contribution is 0.0697. The first-order chi connectivity index (χ1) is 8.49. The molecule has 0 amide bonds. The molecule has 0 unspecified atom stereocenters. The van der Waals surface area contributed by atoms with E-state index in [1.165, 1.54) is 18.2 Å². The Morgan fingerprint density at radius 2 is 2.17 bits per heavy atom. The molecule has 1 aromatic carbocycles. The molecule has 3 nitrogen and oxygen atoms in total. The van der Waals surface area contributed by atoms with Gasteiger partial charge in [0.25, 0.3) is 0 Å². The van der Waals surface area contributed by atoms with E-state index in [1.807, 2.05) is 13.8 Å². The first kappa shape index (κ1) is 12.5. The van der Waals surface area contributed by atoms with Gasteiger partial charge in [-0.1, -0.05) is 13.8 Å². The van der Waals surface area contributed by atoms with Gasteiger partial charge in [-0.05, 0) is 36.1 Å². The lowest BCUT2D eigenvalue weighted by atomic mass is 9.96. The minimum atomic E-state index is -1.04. The Balaban J connectivity index is 2.72. The number of nitrogens with zero attached hydrogens (tertiary/aromatic N) is 1. The van der Waals surface area contributed by atoms with Gasteiger partial charge in [0.1, 0.15) is 5.82 Å². The maximum Gasteiger partial charge on any atom is 0.336 e. The molecule has 1 heterocycles. The Morgan fingerprint density at radius 1 is 1.44 bits per heavy atom. The summed E-state index contributed by atoms with van der Waals surface area (Å²) in [4.78, 5) is 15.6. The number of aromatic nitrogens is 1. The van der Waals surface area contributed by atoms with Gasteiger partial charge in [0, 0.05) is 11.6 Å². The van der Waals surface area contributed by atoms with Crippen molar-refractivity contribution in [1.29, 1.82) is 0 Å². The topological polar surface area (TPSA) is 50.2 Å². The maximum absolute atomic E-state index is 13.3. The summed E-state index contributed by atoms with van der Waals surface area (Å²) in [5.74, 6) is -1.17. The molecule has 1 aromatic heterocycles. The van der Waals surface area contributed by atoms with Gasteiger partial charge in [-0.25, -0.2) is 9.18 Å². The Labute approximate surface area is 104 Å². The summed E-state index contributed by atoms with van der Waals surface area (Å²) in [6, 6.07) is 4.01. The van der Waals surface area contributed by atoms with E-state index in [1.54, 1.807) is 6.20 Å². The number of fused-ring (bicyclic) bond motifs is 1. The molecule has 0 saturated heterocycles. The zero-order valence-electron chi connectivity index (χ0n) is 10.3. The van der Waals surface area contributed by atoms with E-state index in [-0.39, 0.29) is 5.56 Å². The molecule has 18 heavy (non-hydrogen) atoms. The van der Waals surface area contributed by atoms with E-state index in [0.29, 0.717) is 28.8 Å². The fraction of sp³-hybridized carbons (Fsp3) is 0.286. The number of aromatic carboxylic acids is 1. The van der Waals surface area contributed by atoms with E-state index in [0.717, 1.165) is 0 Å². The lowest BCUT2D eigenvalue weighted by Crippen LogP contribution is -2.07. The smallest absolute Gasteiger partial charge is 0.336 e. The fourth-order valence-corrected chi connectivity index (χ4v) is 2.05. The highest BCUT2D eigenvalue weighted by Gasteiger charge is 2.16. The summed E-state index contributed by atoms with van der Waals surface area (Å²) in [6.07, 6.45) is 2.19. The molecule has 2 aromatic rings. The van der Waals surface area contributed by atoms with Crippen LogP contribution in [0.25, 0.3) is 10.9 Å². The Hall–Kier alpha value is -1.97. The summed E-state index contributed by atoms with van der Waals surface area (Å²) in [5.41, 5.74) is 1.31. The van der Waals surface area contributed by atoms with E-state index < -0.39 is 11.8 Å². The van der Waals surface area contributed by atoms with Crippen molar-refractivity contribution in [2.45, 2.75) is 20.3 Å². The predicted octanol–water partition coefficient (Wildman–Crippen LogP) is 3.27. The third-order valence-corrected chi connectivity index (χ3v) is 2.75. The molecule has 0 bridgehead atoms. The van der Waals surface area contributed by atoms with Gasteiger partial charge in [-0.2, -0.15) is 0 Å². The van der Waals surface area contributed by atoms with Crippen molar-refractivity contribution < 1.29 is 14.3 Å². The van der Waals surface area contributed by atoms with Crippen LogP contribution in [0.1, 0.15) is 29.8 Å². The minimum absolute atomic E-state index is 0.160. The molecule has 2 rings (SSSR count). The second-order valence-electron chi connectivity index (χ2n) is 4.72. The number of hydrogen-bond acceptors (Lipinski definition) is 2. The van der Waals surface area contributed by atoms with Gasteiger partial charge in [-0.3, -0.25) is 4.98 Å². The minimum Gasteiger partial charge on any atom is -0.478 e. The molecule has 4 heteroatoms. The van der Waals surface area contributed by atoms with Gasteiger partial charge >= 0.3 is 5.97 Å². The molecule has 0 fully saturated rings. The van der Waals surface area contributed by atoms with Crippen molar-refractivity contribution in [3.8, 4) is 0 Å². The van der Waals surface area contributed by atoms with Gasteiger partial charge in [0.05, 0.1) is 11.1 Å². The van der Waals surface area contributed by atoms with E-state index >= 15 is 0 Å². The number of carboxylic acid groups (broad SMARTS) is 1. The van der Waals surface area contributed by atoms with Crippen LogP contribution in [0.4, 0.5) is 4.39 Å². The summed E-state index contributed by atoms with van der Waals surface area (Å²) < 4.78 is 13.3. The molecule has 0 aliphatic heterocycles. The van der Waals surface area contributed by atoms with Crippen LogP contribution in [0.3, 0.4) is 0 Å². The van der Waals surface area contributed by atoms with E-state index in [2.05, 4.69) is 4.98 Å². The Bertz CT molecular complexity index is 608. The van der Waals surface area contributed by atoms with Crippen molar-refractivity contribution in [2.75, 3.05) is 0 Å². The second-order valence-corrected chi connectivity index (χ2v) is 4.72. The van der Waals surface area contributed by atoms with Crippen LogP contribution in [0.5, 0.6) is 0 Å². The van der Waals surface area contributed by atoms with Crippen LogP contribution in [0, 0.1) is 11.7 Å². The van der Waals surface area contributed by atoms with Crippen molar-refractivity contribution in [1.82, 2.24) is 4.98 Å². The fourth-order valence-electron chi connectivity index (χ4n) is 2.05. The third-order valence-electron chi connectivity index (χ3n) is 2.75. The molecule has 0 atom stereocenters. The Morgan fingerprint density at radius 3 is 2.78 bits per heavy atom. The summed E-state index contributed by atoms with van der Waals surface area (Å²) in [5, 5.41) is 9.68. The number of rotatable bonds is 3. The molecule has 0 aliphatic carbocycles. The van der Waals surface area contributed by atoms with Crippen LogP contribution in [-0.2, 0) is 6.42 Å². The standard InChI is InChI=1S/C14H14FNO2/c1-8(2)5-9-7-16-12-4-3-10(15)6-11(12)13(9)14(17)18/h3-4,6-8H,5H2,1-2H3,(H,17,18). The van der Waals surface area contributed by atoms with Crippen molar-refractivity contribution in [2.24, 2.45) is 5.92 Å². The molecular weight excluding hydrogens is 233 g/mol. The first-order valence-corrected chi connectivity index (χ1v) is 5.79. The average molecular weight is 247 g/mol. The number of carboxylic acids is 1. The molecular formula is C14H14FNO2. The van der Waals surface area contributed by atoms with E-state index in [9.17, 15) is 14.3 Å². The first-order valence-electron chi connectivity index (χ1n) is 5.79. The number of hydrogen-bond donors (Lipinski definition) is 1. The summed E-state index contributed by atoms with van der Waals surface area (Å²) >= 11 is 0. The van der Waals surface area contributed by atoms with Crippen molar-refractivity contribution in [3.05, 3.63) is 41.3 Å². The number of benzene rings is 1. The van der Waals surface area contributed by atoms with Crippen LogP contribution < -0.4 is 0 Å². The highest BCUT2D eigenvalue weighted by Crippen LogP contribution is 2.23. The van der Waals surface area contributed by atoms with Crippen LogP contribution in [-0.4, -0.2) is 16.1 Å². The zero-order valence-corrected chi connectivity index (χ0v) is 10.3. The van der Waals surface area contributed by atoms with Crippen molar-refractivity contribution in [3.63, 3.8) is 0 Å². The average Bonchev–Trinajstić information content (AvgIpc) is 2.26. The summed E-state index contributed by atoms with van der Waals surface area (Å²) in [6.45, 7) is 4.00. The number of halogens is 1. The highest BCUT2D eigenvalue weighted by molar-refractivity contribution is 6.03. The molecule has 1 N–H and O–H groups in total.